The first-order chi connectivity index (χ1) is 9.54. The molecule has 0 saturated carbocycles. The maximum Gasteiger partial charge on any atom is 0.0882 e. The van der Waals surface area contributed by atoms with E-state index in [0.29, 0.717) is 0 Å². The number of allylic oxidation sites excluding steroid dienone is 2. The van der Waals surface area contributed by atoms with Gasteiger partial charge in [0, 0.05) is 32.0 Å². The number of nitrogens with zero attached hydrogens (tertiary/aromatic N) is 4. The monoisotopic (exact) mass is 272 g/mol. The summed E-state index contributed by atoms with van der Waals surface area (Å²) in [7, 11) is 6.14. The van der Waals surface area contributed by atoms with Crippen LogP contribution in [-0.4, -0.2) is 55.2 Å². The fourth-order valence-corrected chi connectivity index (χ4v) is 1.54. The Hall–Kier alpha value is -1.94. The van der Waals surface area contributed by atoms with Crippen LogP contribution >= 0.6 is 0 Å². The molecule has 1 rings (SSSR count). The van der Waals surface area contributed by atoms with Crippen LogP contribution in [0.3, 0.4) is 0 Å². The Morgan fingerprint density at radius 3 is 2.60 bits per heavy atom. The zero-order chi connectivity index (χ0) is 15.0. The van der Waals surface area contributed by atoms with Crippen LogP contribution in [0.2, 0.25) is 0 Å². The van der Waals surface area contributed by atoms with Gasteiger partial charge >= 0.3 is 0 Å². The van der Waals surface area contributed by atoms with Crippen molar-refractivity contribution in [3.8, 4) is 0 Å². The van der Waals surface area contributed by atoms with E-state index in [1.165, 1.54) is 0 Å². The molecule has 0 amide bonds. The summed E-state index contributed by atoms with van der Waals surface area (Å²) in [4.78, 5) is 13.0. The van der Waals surface area contributed by atoms with Crippen LogP contribution in [0.4, 0.5) is 0 Å². The van der Waals surface area contributed by atoms with Crippen molar-refractivity contribution in [2.75, 3.05) is 34.2 Å². The van der Waals surface area contributed by atoms with Gasteiger partial charge < -0.3 is 9.80 Å². The van der Waals surface area contributed by atoms with E-state index >= 15 is 0 Å². The van der Waals surface area contributed by atoms with Crippen molar-refractivity contribution in [2.24, 2.45) is 4.99 Å². The lowest BCUT2D eigenvalue weighted by molar-refractivity contribution is 0.335. The Kier molecular flexibility index (Phi) is 6.67. The van der Waals surface area contributed by atoms with Gasteiger partial charge in [-0.2, -0.15) is 0 Å². The summed E-state index contributed by atoms with van der Waals surface area (Å²) in [5.41, 5.74) is 2.62. The zero-order valence-corrected chi connectivity index (χ0v) is 12.9. The van der Waals surface area contributed by atoms with E-state index in [4.69, 9.17) is 0 Å². The average molecular weight is 272 g/mol. The largest absolute Gasteiger partial charge is 0.373 e. The highest BCUT2D eigenvalue weighted by molar-refractivity contribution is 5.82. The predicted molar refractivity (Wildman–Crippen MR) is 86.7 cm³/mol. The zero-order valence-electron chi connectivity index (χ0n) is 12.9. The van der Waals surface area contributed by atoms with Crippen molar-refractivity contribution >= 4 is 11.9 Å². The molecule has 1 aromatic rings. The molecule has 20 heavy (non-hydrogen) atoms. The third-order valence-corrected chi connectivity index (χ3v) is 2.93. The van der Waals surface area contributed by atoms with Crippen molar-refractivity contribution in [2.45, 2.75) is 6.92 Å². The fraction of sp³-hybridized carbons (Fsp3) is 0.375. The molecule has 0 saturated heterocycles. The second-order valence-corrected chi connectivity index (χ2v) is 4.86. The average Bonchev–Trinajstić information content (AvgIpc) is 2.46. The molecule has 0 N–H and O–H groups in total. The van der Waals surface area contributed by atoms with Crippen molar-refractivity contribution in [3.63, 3.8) is 0 Å². The minimum absolute atomic E-state index is 0.854. The van der Waals surface area contributed by atoms with Crippen molar-refractivity contribution in [1.82, 2.24) is 14.8 Å². The Labute approximate surface area is 122 Å². The SMILES string of the molecule is C=C(C=N/C(=C\C)c1ccccn1)N(C)CCN(C)C. The lowest BCUT2D eigenvalue weighted by Crippen LogP contribution is -2.28. The van der Waals surface area contributed by atoms with Gasteiger partial charge in [0.2, 0.25) is 0 Å². The normalized spacial score (nSPS) is 12.2. The first kappa shape index (κ1) is 16.1. The molecule has 4 nitrogen and oxygen atoms in total. The van der Waals surface area contributed by atoms with E-state index in [1.807, 2.05) is 38.2 Å². The minimum Gasteiger partial charge on any atom is -0.373 e. The summed E-state index contributed by atoms with van der Waals surface area (Å²) >= 11 is 0. The van der Waals surface area contributed by atoms with Crippen LogP contribution in [0.15, 0.2) is 47.7 Å². The molecule has 0 unspecified atom stereocenters. The van der Waals surface area contributed by atoms with Gasteiger partial charge in [-0.05, 0) is 33.2 Å². The highest BCUT2D eigenvalue weighted by Gasteiger charge is 2.02. The lowest BCUT2D eigenvalue weighted by atomic mass is 10.2. The Morgan fingerprint density at radius 2 is 2.05 bits per heavy atom. The molecule has 0 atom stereocenters. The number of hydrogen-bond acceptors (Lipinski definition) is 4. The lowest BCUT2D eigenvalue weighted by Gasteiger charge is -2.21. The standard InChI is InChI=1S/C16H24N4/c1-6-15(16-9-7-8-10-17-16)18-13-14(2)20(5)12-11-19(3)4/h6-10,13H,2,11-12H2,1,3-5H3/b15-6-,18-13?. The van der Waals surface area contributed by atoms with Crippen molar-refractivity contribution < 1.29 is 0 Å². The highest BCUT2D eigenvalue weighted by atomic mass is 15.2. The maximum absolute atomic E-state index is 4.48. The van der Waals surface area contributed by atoms with Crippen molar-refractivity contribution in [1.29, 1.82) is 0 Å². The van der Waals surface area contributed by atoms with Crippen LogP contribution in [0.25, 0.3) is 5.70 Å². The van der Waals surface area contributed by atoms with Gasteiger partial charge in [-0.15, -0.1) is 0 Å². The summed E-state index contributed by atoms with van der Waals surface area (Å²) < 4.78 is 0. The predicted octanol–water partition coefficient (Wildman–Crippen LogP) is 2.52. The summed E-state index contributed by atoms with van der Waals surface area (Å²) in [6.45, 7) is 7.91. The van der Waals surface area contributed by atoms with Crippen LogP contribution in [0.1, 0.15) is 12.6 Å². The summed E-state index contributed by atoms with van der Waals surface area (Å²) in [6, 6.07) is 5.80. The highest BCUT2D eigenvalue weighted by Crippen LogP contribution is 2.12. The Balaban J connectivity index is 2.64. The Bertz CT molecular complexity index is 475. The van der Waals surface area contributed by atoms with Crippen LogP contribution < -0.4 is 0 Å². The van der Waals surface area contributed by atoms with E-state index in [9.17, 15) is 0 Å². The number of rotatable bonds is 7. The van der Waals surface area contributed by atoms with Gasteiger partial charge in [-0.1, -0.05) is 18.7 Å². The molecule has 0 radical (unpaired) electrons. The molecule has 0 aromatic carbocycles. The number of pyridine rings is 1. The van der Waals surface area contributed by atoms with E-state index in [0.717, 1.165) is 30.2 Å². The molecule has 4 heteroatoms. The van der Waals surface area contributed by atoms with Crippen molar-refractivity contribution in [3.05, 3.63) is 48.4 Å². The summed E-state index contributed by atoms with van der Waals surface area (Å²) in [5.74, 6) is 0. The first-order valence-corrected chi connectivity index (χ1v) is 6.71. The molecule has 0 aliphatic rings. The number of hydrogen-bond donors (Lipinski definition) is 0. The molecular weight excluding hydrogens is 248 g/mol. The molecular formula is C16H24N4. The van der Waals surface area contributed by atoms with E-state index in [2.05, 4.69) is 40.5 Å². The molecule has 1 heterocycles. The molecule has 0 aliphatic carbocycles. The topological polar surface area (TPSA) is 31.7 Å². The Morgan fingerprint density at radius 1 is 1.30 bits per heavy atom. The maximum atomic E-state index is 4.48. The van der Waals surface area contributed by atoms with E-state index in [1.54, 1.807) is 12.4 Å². The molecule has 0 spiro atoms. The van der Waals surface area contributed by atoms with E-state index in [-0.39, 0.29) is 0 Å². The molecule has 0 bridgehead atoms. The van der Waals surface area contributed by atoms with Gasteiger partial charge in [0.1, 0.15) is 0 Å². The van der Waals surface area contributed by atoms with Crippen LogP contribution in [0.5, 0.6) is 0 Å². The molecule has 1 aromatic heterocycles. The molecule has 0 fully saturated rings. The third-order valence-electron chi connectivity index (χ3n) is 2.93. The fourth-order valence-electron chi connectivity index (χ4n) is 1.54. The van der Waals surface area contributed by atoms with Gasteiger partial charge in [0.05, 0.1) is 17.6 Å². The summed E-state index contributed by atoms with van der Waals surface area (Å²) in [5, 5.41) is 0. The molecule has 108 valence electrons. The molecule has 0 aliphatic heterocycles. The van der Waals surface area contributed by atoms with Crippen LogP contribution in [-0.2, 0) is 0 Å². The van der Waals surface area contributed by atoms with Crippen LogP contribution in [0, 0.1) is 0 Å². The third kappa shape index (κ3) is 5.36. The summed E-state index contributed by atoms with van der Waals surface area (Å²) in [6.07, 6.45) is 5.51. The quantitative estimate of drug-likeness (QED) is 0.715. The second-order valence-electron chi connectivity index (χ2n) is 4.86. The first-order valence-electron chi connectivity index (χ1n) is 6.71. The van der Waals surface area contributed by atoms with Gasteiger partial charge in [-0.3, -0.25) is 9.98 Å². The number of aromatic nitrogens is 1. The number of likely N-dealkylation sites (N-methyl/N-ethyl adjacent to an activating group) is 2. The van der Waals surface area contributed by atoms with E-state index < -0.39 is 0 Å². The van der Waals surface area contributed by atoms with Gasteiger partial charge in [-0.25, -0.2) is 0 Å². The number of aliphatic imine (C=N–C) groups is 1. The second kappa shape index (κ2) is 8.27. The minimum atomic E-state index is 0.854. The van der Waals surface area contributed by atoms with Gasteiger partial charge in [0.25, 0.3) is 0 Å². The smallest absolute Gasteiger partial charge is 0.0882 e. The van der Waals surface area contributed by atoms with Gasteiger partial charge in [0.15, 0.2) is 0 Å².